The van der Waals surface area contributed by atoms with Crippen molar-refractivity contribution in [1.82, 2.24) is 9.78 Å². The van der Waals surface area contributed by atoms with Crippen LogP contribution in [-0.2, 0) is 10.5 Å². The Bertz CT molecular complexity index is 1030. The first-order valence-corrected chi connectivity index (χ1v) is 9.08. The number of thioether (sulfide) groups is 1. The summed E-state index contributed by atoms with van der Waals surface area (Å²) >= 11 is 1.56. The molecule has 1 aromatic heterocycles. The first-order chi connectivity index (χ1) is 12.8. The lowest BCUT2D eigenvalue weighted by Gasteiger charge is -2.19. The molecule has 0 saturated heterocycles. The Kier molecular flexibility index (Phi) is 3.43. The van der Waals surface area contributed by atoms with Crippen LogP contribution in [0.4, 0.5) is 0 Å². The molecule has 0 amide bonds. The van der Waals surface area contributed by atoms with Crippen LogP contribution in [0.1, 0.15) is 16.1 Å². The minimum atomic E-state index is -0.437. The molecule has 130 valence electrons. The number of carbonyl (C=O) groups is 1. The van der Waals surface area contributed by atoms with Gasteiger partial charge < -0.3 is 14.2 Å². The summed E-state index contributed by atoms with van der Waals surface area (Å²) in [6.07, 6.45) is 0. The van der Waals surface area contributed by atoms with Gasteiger partial charge in [-0.25, -0.2) is 9.48 Å². The van der Waals surface area contributed by atoms with Crippen molar-refractivity contribution in [1.29, 1.82) is 0 Å². The Morgan fingerprint density at radius 2 is 2.04 bits per heavy atom. The number of nitrogens with zero attached hydrogens (tertiary/aromatic N) is 2. The molecule has 0 atom stereocenters. The van der Waals surface area contributed by atoms with Crippen molar-refractivity contribution < 1.29 is 19.0 Å². The fourth-order valence-electron chi connectivity index (χ4n) is 3.30. The molecule has 0 unspecified atom stereocenters. The highest BCUT2D eigenvalue weighted by Crippen LogP contribution is 2.50. The maximum absolute atomic E-state index is 12.3. The fraction of sp³-hybridized carbons (Fsp3) is 0.158. The van der Waals surface area contributed by atoms with E-state index in [0.29, 0.717) is 11.4 Å². The van der Waals surface area contributed by atoms with E-state index in [1.54, 1.807) is 16.4 Å². The van der Waals surface area contributed by atoms with Crippen LogP contribution in [0, 0.1) is 0 Å². The Balaban J connectivity index is 1.79. The Morgan fingerprint density at radius 3 is 2.85 bits per heavy atom. The van der Waals surface area contributed by atoms with Gasteiger partial charge in [0, 0.05) is 16.9 Å². The average molecular weight is 366 g/mol. The number of rotatable bonds is 2. The van der Waals surface area contributed by atoms with Crippen molar-refractivity contribution in [3.63, 3.8) is 0 Å². The number of hydrogen-bond acceptors (Lipinski definition) is 6. The molecule has 0 spiro atoms. The van der Waals surface area contributed by atoms with E-state index >= 15 is 0 Å². The second-order valence-corrected chi connectivity index (χ2v) is 6.87. The van der Waals surface area contributed by atoms with Crippen molar-refractivity contribution in [2.75, 3.05) is 13.9 Å². The Morgan fingerprint density at radius 1 is 1.19 bits per heavy atom. The molecular weight excluding hydrogens is 352 g/mol. The molecule has 0 aliphatic carbocycles. The number of aromatic nitrogens is 2. The summed E-state index contributed by atoms with van der Waals surface area (Å²) in [6.45, 7) is 0.231. The molecule has 26 heavy (non-hydrogen) atoms. The number of fused-ring (bicyclic) bond motifs is 5. The first kappa shape index (κ1) is 15.3. The van der Waals surface area contributed by atoms with E-state index in [-0.39, 0.29) is 6.79 Å². The monoisotopic (exact) mass is 366 g/mol. The van der Waals surface area contributed by atoms with Gasteiger partial charge in [-0.05, 0) is 24.3 Å². The number of methoxy groups -OCH3 is 1. The molecule has 3 heterocycles. The minimum Gasteiger partial charge on any atom is -0.464 e. The topological polar surface area (TPSA) is 62.6 Å². The van der Waals surface area contributed by atoms with Crippen molar-refractivity contribution in [3.05, 3.63) is 53.7 Å². The molecule has 0 saturated carbocycles. The number of esters is 1. The number of ether oxygens (including phenoxy) is 3. The molecule has 0 bridgehead atoms. The maximum Gasteiger partial charge on any atom is 0.359 e. The van der Waals surface area contributed by atoms with Gasteiger partial charge in [0.15, 0.2) is 17.2 Å². The Hall–Kier alpha value is -2.93. The second-order valence-electron chi connectivity index (χ2n) is 5.88. The lowest BCUT2D eigenvalue weighted by Crippen LogP contribution is -2.05. The van der Waals surface area contributed by atoms with Crippen LogP contribution in [0.5, 0.6) is 11.5 Å². The van der Waals surface area contributed by atoms with Crippen LogP contribution in [0.15, 0.2) is 47.4 Å². The first-order valence-electron chi connectivity index (χ1n) is 8.09. The standard InChI is InChI=1S/C19H14N2O4S/c1-23-19(22)15-18-16(21(20-15)11-5-3-2-4-6-11)12-7-8-14-17(25-10-24-14)13(12)9-26-18/h2-8H,9-10H2,1H3. The van der Waals surface area contributed by atoms with Crippen LogP contribution in [0.25, 0.3) is 16.9 Å². The molecule has 2 aromatic carbocycles. The second kappa shape index (κ2) is 5.81. The third-order valence-corrected chi connectivity index (χ3v) is 5.59. The lowest BCUT2D eigenvalue weighted by atomic mass is 10.0. The van der Waals surface area contributed by atoms with Crippen LogP contribution < -0.4 is 9.47 Å². The molecule has 6 nitrogen and oxygen atoms in total. The summed E-state index contributed by atoms with van der Waals surface area (Å²) in [5.41, 5.74) is 4.14. The molecular formula is C19H14N2O4S. The molecule has 5 rings (SSSR count). The van der Waals surface area contributed by atoms with Gasteiger partial charge in [-0.15, -0.1) is 11.8 Å². The third kappa shape index (κ3) is 2.13. The fourth-order valence-corrected chi connectivity index (χ4v) is 4.47. The largest absolute Gasteiger partial charge is 0.464 e. The summed E-state index contributed by atoms with van der Waals surface area (Å²) in [6, 6.07) is 13.7. The third-order valence-electron chi connectivity index (χ3n) is 4.48. The molecule has 0 N–H and O–H groups in total. The van der Waals surface area contributed by atoms with E-state index < -0.39 is 5.97 Å². The zero-order chi connectivity index (χ0) is 17.7. The summed E-state index contributed by atoms with van der Waals surface area (Å²) in [5.74, 6) is 1.78. The SMILES string of the molecule is COC(=O)c1nn(-c2ccccc2)c2c1SCc1c-2ccc2c1OCO2. The lowest BCUT2D eigenvalue weighted by molar-refractivity contribution is 0.0589. The highest BCUT2D eigenvalue weighted by atomic mass is 32.2. The highest BCUT2D eigenvalue weighted by Gasteiger charge is 2.33. The highest BCUT2D eigenvalue weighted by molar-refractivity contribution is 7.98. The van der Waals surface area contributed by atoms with Crippen LogP contribution in [0.3, 0.4) is 0 Å². The maximum atomic E-state index is 12.3. The van der Waals surface area contributed by atoms with E-state index in [2.05, 4.69) is 5.10 Å². The van der Waals surface area contributed by atoms with E-state index in [4.69, 9.17) is 14.2 Å². The van der Waals surface area contributed by atoms with Gasteiger partial charge in [-0.2, -0.15) is 5.10 Å². The van der Waals surface area contributed by atoms with Gasteiger partial charge >= 0.3 is 5.97 Å². The predicted octanol–water partition coefficient (Wildman–Crippen LogP) is 3.66. The van der Waals surface area contributed by atoms with Gasteiger partial charge in [-0.1, -0.05) is 18.2 Å². The van der Waals surface area contributed by atoms with Crippen molar-refractivity contribution in [3.8, 4) is 28.4 Å². The van der Waals surface area contributed by atoms with E-state index in [0.717, 1.165) is 38.9 Å². The average Bonchev–Trinajstić information content (AvgIpc) is 3.32. The molecule has 3 aromatic rings. The summed E-state index contributed by atoms with van der Waals surface area (Å²) in [5, 5.41) is 4.57. The van der Waals surface area contributed by atoms with Crippen LogP contribution in [-0.4, -0.2) is 29.7 Å². The molecule has 2 aliphatic rings. The zero-order valence-corrected chi connectivity index (χ0v) is 14.7. The van der Waals surface area contributed by atoms with Crippen molar-refractivity contribution >= 4 is 17.7 Å². The van der Waals surface area contributed by atoms with E-state index in [9.17, 15) is 4.79 Å². The molecule has 0 fully saturated rings. The molecule has 2 aliphatic heterocycles. The van der Waals surface area contributed by atoms with E-state index in [1.165, 1.54) is 7.11 Å². The van der Waals surface area contributed by atoms with Gasteiger partial charge in [0.25, 0.3) is 0 Å². The Labute approximate surface area is 153 Å². The zero-order valence-electron chi connectivity index (χ0n) is 13.9. The normalized spacial score (nSPS) is 13.9. The van der Waals surface area contributed by atoms with Crippen LogP contribution in [0.2, 0.25) is 0 Å². The predicted molar refractivity (Wildman–Crippen MR) is 96.0 cm³/mol. The molecule has 0 radical (unpaired) electrons. The van der Waals surface area contributed by atoms with E-state index in [1.807, 2.05) is 42.5 Å². The minimum absolute atomic E-state index is 0.231. The smallest absolute Gasteiger partial charge is 0.359 e. The van der Waals surface area contributed by atoms with Crippen molar-refractivity contribution in [2.45, 2.75) is 10.6 Å². The number of hydrogen-bond donors (Lipinski definition) is 0. The summed E-state index contributed by atoms with van der Waals surface area (Å²) in [7, 11) is 1.37. The number of carbonyl (C=O) groups excluding carboxylic acids is 1. The number of para-hydroxylation sites is 1. The quantitative estimate of drug-likeness (QED) is 0.645. The van der Waals surface area contributed by atoms with Gasteiger partial charge in [0.1, 0.15) is 0 Å². The number of benzene rings is 2. The van der Waals surface area contributed by atoms with Crippen LogP contribution >= 0.6 is 11.8 Å². The molecule has 7 heteroatoms. The van der Waals surface area contributed by atoms with Crippen molar-refractivity contribution in [2.24, 2.45) is 0 Å². The summed E-state index contributed by atoms with van der Waals surface area (Å²) < 4.78 is 17.9. The van der Waals surface area contributed by atoms with Gasteiger partial charge in [0.05, 0.1) is 23.4 Å². The van der Waals surface area contributed by atoms with Gasteiger partial charge in [0.2, 0.25) is 6.79 Å². The summed E-state index contributed by atoms with van der Waals surface area (Å²) in [4.78, 5) is 13.1. The van der Waals surface area contributed by atoms with Gasteiger partial charge in [-0.3, -0.25) is 0 Å².